The van der Waals surface area contributed by atoms with Gasteiger partial charge in [0, 0.05) is 20.9 Å². The Balaban J connectivity index is 1.39. The number of aromatic nitrogens is 3. The quantitative estimate of drug-likeness (QED) is 0.113. The van der Waals surface area contributed by atoms with Gasteiger partial charge in [-0.05, 0) is 95.9 Å². The third kappa shape index (κ3) is 8.15. The van der Waals surface area contributed by atoms with Crippen molar-refractivity contribution in [2.24, 2.45) is 0 Å². The number of nitrogens with zero attached hydrogens (tertiary/aromatic N) is 3. The highest BCUT2D eigenvalue weighted by Gasteiger charge is 2.36. The third-order valence-corrected chi connectivity index (χ3v) is 10.1. The van der Waals surface area contributed by atoms with Crippen molar-refractivity contribution in [3.05, 3.63) is 127 Å². The van der Waals surface area contributed by atoms with Crippen LogP contribution in [0, 0.1) is 0 Å². The SMILES string of the molecule is CCOc1ccccc1NC(=O)C1=C(C)Nc2nc(SCc3ccccc3Cl)nn2C1c1cc(Br)c(OCc2ccc(Br)cc2)c(OCC)c1. The van der Waals surface area contributed by atoms with Crippen molar-refractivity contribution in [3.63, 3.8) is 0 Å². The number of halogens is 3. The molecule has 0 saturated carbocycles. The van der Waals surface area contributed by atoms with Gasteiger partial charge in [0.05, 0.1) is 28.9 Å². The van der Waals surface area contributed by atoms with Crippen molar-refractivity contribution >= 4 is 72.8 Å². The Morgan fingerprint density at radius 3 is 2.44 bits per heavy atom. The molecular formula is C37H34Br2ClN5O4S. The lowest BCUT2D eigenvalue weighted by atomic mass is 9.94. The summed E-state index contributed by atoms with van der Waals surface area (Å²) in [5.41, 5.74) is 4.37. The van der Waals surface area contributed by atoms with E-state index in [9.17, 15) is 4.79 Å². The number of carbonyl (C=O) groups excluding carboxylic acids is 1. The lowest BCUT2D eigenvalue weighted by Gasteiger charge is -2.29. The average Bonchev–Trinajstić information content (AvgIpc) is 3.51. The average molecular weight is 840 g/mol. The van der Waals surface area contributed by atoms with Gasteiger partial charge in [-0.25, -0.2) is 4.68 Å². The molecule has 2 heterocycles. The Morgan fingerprint density at radius 2 is 1.68 bits per heavy atom. The Hall–Kier alpha value is -3.97. The van der Waals surface area contributed by atoms with Gasteiger partial charge in [0.2, 0.25) is 11.1 Å². The van der Waals surface area contributed by atoms with Gasteiger partial charge in [0.25, 0.3) is 5.91 Å². The third-order valence-electron chi connectivity index (χ3n) is 7.77. The molecule has 1 aromatic heterocycles. The van der Waals surface area contributed by atoms with E-state index in [1.807, 2.05) is 106 Å². The number of carbonyl (C=O) groups is 1. The zero-order chi connectivity index (χ0) is 35.2. The maximum absolute atomic E-state index is 14.3. The molecule has 0 aliphatic carbocycles. The van der Waals surface area contributed by atoms with Gasteiger partial charge < -0.3 is 24.8 Å². The van der Waals surface area contributed by atoms with Gasteiger partial charge in [-0.3, -0.25) is 4.79 Å². The number of nitrogens with one attached hydrogen (secondary N) is 2. The zero-order valence-corrected chi connectivity index (χ0v) is 32.2. The van der Waals surface area contributed by atoms with E-state index in [1.54, 1.807) is 4.68 Å². The molecule has 2 N–H and O–H groups in total. The standard InChI is InChI=1S/C37H34Br2ClN5O4S/c1-4-47-30-13-9-8-12-29(30)42-35(46)32-22(3)41-36-43-37(50-21-24-10-6-7-11-28(24)40)44-45(36)33(32)25-18-27(39)34(31(19-25)48-5-2)49-20-23-14-16-26(38)17-15-23/h6-19,33H,4-5,20-21H2,1-3H3,(H,42,46)(H,41,43,44). The van der Waals surface area contributed by atoms with Crippen LogP contribution in [0.15, 0.2) is 110 Å². The smallest absolute Gasteiger partial charge is 0.255 e. The summed E-state index contributed by atoms with van der Waals surface area (Å²) in [5.74, 6) is 2.43. The molecule has 1 atom stereocenters. The normalized spacial score (nSPS) is 13.8. The summed E-state index contributed by atoms with van der Waals surface area (Å²) >= 11 is 15.1. The highest BCUT2D eigenvalue weighted by atomic mass is 79.9. The molecule has 50 heavy (non-hydrogen) atoms. The number of hydrogen-bond acceptors (Lipinski definition) is 8. The number of allylic oxidation sites excluding steroid dienone is 1. The van der Waals surface area contributed by atoms with Crippen molar-refractivity contribution in [1.82, 2.24) is 14.8 Å². The van der Waals surface area contributed by atoms with Crippen molar-refractivity contribution in [2.75, 3.05) is 23.8 Å². The first-order valence-corrected chi connectivity index (χ1v) is 18.9. The monoisotopic (exact) mass is 837 g/mol. The molecule has 6 rings (SSSR count). The summed E-state index contributed by atoms with van der Waals surface area (Å²) < 4.78 is 21.6. The van der Waals surface area contributed by atoms with Crippen LogP contribution in [0.2, 0.25) is 5.02 Å². The Labute approximate surface area is 317 Å². The minimum absolute atomic E-state index is 0.316. The van der Waals surface area contributed by atoms with E-state index in [1.165, 1.54) is 11.8 Å². The van der Waals surface area contributed by atoms with Crippen LogP contribution < -0.4 is 24.8 Å². The molecule has 258 valence electrons. The minimum atomic E-state index is -0.677. The van der Waals surface area contributed by atoms with E-state index in [2.05, 4.69) is 42.5 Å². The number of rotatable bonds is 13. The van der Waals surface area contributed by atoms with Crippen molar-refractivity contribution in [3.8, 4) is 17.2 Å². The molecule has 0 radical (unpaired) electrons. The first-order chi connectivity index (χ1) is 24.2. The van der Waals surface area contributed by atoms with Gasteiger partial charge >= 0.3 is 0 Å². The molecule has 0 bridgehead atoms. The molecule has 0 spiro atoms. The van der Waals surface area contributed by atoms with Gasteiger partial charge in [0.1, 0.15) is 18.4 Å². The fourth-order valence-corrected chi connectivity index (χ4v) is 7.43. The number of fused-ring (bicyclic) bond motifs is 1. The summed E-state index contributed by atoms with van der Waals surface area (Å²) in [6.07, 6.45) is 0. The number of thioether (sulfide) groups is 1. The Kier molecular flexibility index (Phi) is 11.7. The van der Waals surface area contributed by atoms with Crippen LogP contribution in [-0.2, 0) is 17.2 Å². The predicted octanol–water partition coefficient (Wildman–Crippen LogP) is 10.1. The van der Waals surface area contributed by atoms with Crippen molar-refractivity contribution in [2.45, 2.75) is 44.3 Å². The number of benzene rings is 4. The number of anilines is 2. The maximum atomic E-state index is 14.3. The topological polar surface area (TPSA) is 99.5 Å². The van der Waals surface area contributed by atoms with Crippen molar-refractivity contribution < 1.29 is 19.0 Å². The van der Waals surface area contributed by atoms with Crippen LogP contribution in [-0.4, -0.2) is 33.9 Å². The molecule has 1 aliphatic rings. The van der Waals surface area contributed by atoms with E-state index in [0.29, 0.717) is 80.4 Å². The van der Waals surface area contributed by atoms with Crippen LogP contribution in [0.5, 0.6) is 17.2 Å². The molecule has 1 amide bonds. The van der Waals surface area contributed by atoms with Crippen LogP contribution >= 0.6 is 55.2 Å². The summed E-state index contributed by atoms with van der Waals surface area (Å²) in [6.45, 7) is 6.88. The molecule has 1 aliphatic heterocycles. The lowest BCUT2D eigenvalue weighted by Crippen LogP contribution is -2.31. The van der Waals surface area contributed by atoms with E-state index in [4.69, 9.17) is 35.9 Å². The zero-order valence-electron chi connectivity index (χ0n) is 27.5. The number of amides is 1. The number of hydrogen-bond donors (Lipinski definition) is 2. The molecule has 4 aromatic carbocycles. The fourth-order valence-electron chi connectivity index (χ4n) is 5.48. The van der Waals surface area contributed by atoms with Gasteiger partial charge in [-0.15, -0.1) is 5.10 Å². The second-order valence-corrected chi connectivity index (χ2v) is 14.3. The molecule has 1 unspecified atom stereocenters. The molecule has 13 heteroatoms. The summed E-state index contributed by atoms with van der Waals surface area (Å²) in [7, 11) is 0. The fraction of sp³-hybridized carbons (Fsp3) is 0.216. The van der Waals surface area contributed by atoms with Crippen LogP contribution in [0.4, 0.5) is 11.6 Å². The number of para-hydroxylation sites is 2. The first kappa shape index (κ1) is 35.8. The number of ether oxygens (including phenoxy) is 3. The van der Waals surface area contributed by atoms with E-state index >= 15 is 0 Å². The summed E-state index contributed by atoms with van der Waals surface area (Å²) in [4.78, 5) is 19.1. The Morgan fingerprint density at radius 1 is 0.960 bits per heavy atom. The van der Waals surface area contributed by atoms with Gasteiger partial charge in [0.15, 0.2) is 11.5 Å². The molecule has 0 fully saturated rings. The largest absolute Gasteiger partial charge is 0.492 e. The first-order valence-electron chi connectivity index (χ1n) is 15.9. The van der Waals surface area contributed by atoms with E-state index < -0.39 is 6.04 Å². The summed E-state index contributed by atoms with van der Waals surface area (Å²) in [5, 5.41) is 12.5. The Bertz CT molecular complexity index is 2040. The van der Waals surface area contributed by atoms with Crippen LogP contribution in [0.1, 0.15) is 43.5 Å². The van der Waals surface area contributed by atoms with Gasteiger partial charge in [-0.2, -0.15) is 4.98 Å². The van der Waals surface area contributed by atoms with Crippen molar-refractivity contribution in [1.29, 1.82) is 0 Å². The molecule has 9 nitrogen and oxygen atoms in total. The molecule has 5 aromatic rings. The predicted molar refractivity (Wildman–Crippen MR) is 206 cm³/mol. The van der Waals surface area contributed by atoms with E-state index in [0.717, 1.165) is 21.2 Å². The highest BCUT2D eigenvalue weighted by molar-refractivity contribution is 9.10. The lowest BCUT2D eigenvalue weighted by molar-refractivity contribution is -0.113. The van der Waals surface area contributed by atoms with Crippen LogP contribution in [0.3, 0.4) is 0 Å². The highest BCUT2D eigenvalue weighted by Crippen LogP contribution is 2.44. The van der Waals surface area contributed by atoms with Gasteiger partial charge in [-0.1, -0.05) is 81.8 Å². The second-order valence-electron chi connectivity index (χ2n) is 11.2. The molecular weight excluding hydrogens is 806 g/mol. The van der Waals surface area contributed by atoms with Crippen LogP contribution in [0.25, 0.3) is 0 Å². The second kappa shape index (κ2) is 16.4. The minimum Gasteiger partial charge on any atom is -0.492 e. The molecule has 0 saturated heterocycles. The van der Waals surface area contributed by atoms with E-state index in [-0.39, 0.29) is 5.91 Å². The maximum Gasteiger partial charge on any atom is 0.255 e. The summed E-state index contributed by atoms with van der Waals surface area (Å²) in [6, 6.07) is 26.2.